The average molecular weight is 295 g/mol. The molecule has 1 aromatic heterocycles. The van der Waals surface area contributed by atoms with Gasteiger partial charge in [-0.05, 0) is 34.5 Å². The molecular weight excluding hydrogens is 280 g/mol. The first kappa shape index (κ1) is 14.0. The van der Waals surface area contributed by atoms with Crippen molar-refractivity contribution < 1.29 is 13.9 Å². The Balaban J connectivity index is 1.85. The Labute approximate surface area is 120 Å². The molecule has 0 spiro atoms. The number of hydrogen-bond acceptors (Lipinski definition) is 5. The molecule has 1 aliphatic rings. The second-order valence-electron chi connectivity index (χ2n) is 5.23. The molecule has 2 heterocycles. The van der Waals surface area contributed by atoms with Crippen molar-refractivity contribution in [2.45, 2.75) is 25.1 Å². The SMILES string of the molecule is Cn1nnnc1CN1C[C@@H](O)C[C@H]1c1ccc(F)c(F)c1. The van der Waals surface area contributed by atoms with Gasteiger partial charge in [-0.1, -0.05) is 6.07 Å². The number of rotatable bonds is 3. The van der Waals surface area contributed by atoms with Gasteiger partial charge < -0.3 is 5.11 Å². The Hall–Kier alpha value is -1.93. The fourth-order valence-corrected chi connectivity index (χ4v) is 2.68. The second kappa shape index (κ2) is 5.45. The van der Waals surface area contributed by atoms with Crippen LogP contribution >= 0.6 is 0 Å². The van der Waals surface area contributed by atoms with Crippen molar-refractivity contribution >= 4 is 0 Å². The number of halogens is 2. The molecule has 112 valence electrons. The lowest BCUT2D eigenvalue weighted by atomic mass is 10.0. The van der Waals surface area contributed by atoms with E-state index in [-0.39, 0.29) is 6.04 Å². The fourth-order valence-electron chi connectivity index (χ4n) is 2.68. The maximum atomic E-state index is 13.4. The lowest BCUT2D eigenvalue weighted by Gasteiger charge is -2.23. The molecule has 1 fully saturated rings. The molecule has 2 aromatic rings. The Morgan fingerprint density at radius 1 is 1.33 bits per heavy atom. The molecule has 1 aromatic carbocycles. The van der Waals surface area contributed by atoms with E-state index in [1.807, 2.05) is 4.90 Å². The predicted octanol–water partition coefficient (Wildman–Crippen LogP) is 0.796. The van der Waals surface area contributed by atoms with Gasteiger partial charge in [0.2, 0.25) is 0 Å². The minimum absolute atomic E-state index is 0.188. The van der Waals surface area contributed by atoms with Crippen LogP contribution in [0, 0.1) is 11.6 Å². The van der Waals surface area contributed by atoms with E-state index in [0.717, 1.165) is 6.07 Å². The maximum absolute atomic E-state index is 13.4. The third kappa shape index (κ3) is 2.77. The van der Waals surface area contributed by atoms with Crippen molar-refractivity contribution in [2.75, 3.05) is 6.54 Å². The minimum Gasteiger partial charge on any atom is -0.392 e. The number of hydrogen-bond donors (Lipinski definition) is 1. The number of aliphatic hydroxyl groups is 1. The maximum Gasteiger partial charge on any atom is 0.165 e. The quantitative estimate of drug-likeness (QED) is 0.907. The van der Waals surface area contributed by atoms with Gasteiger partial charge in [-0.15, -0.1) is 5.10 Å². The van der Waals surface area contributed by atoms with Gasteiger partial charge in [-0.25, -0.2) is 13.5 Å². The molecular formula is C13H15F2N5O. The normalized spacial score (nSPS) is 22.9. The molecule has 6 nitrogen and oxygen atoms in total. The number of aryl methyl sites for hydroxylation is 1. The highest BCUT2D eigenvalue weighted by Gasteiger charge is 2.33. The number of benzene rings is 1. The molecule has 1 N–H and O–H groups in total. The van der Waals surface area contributed by atoms with Gasteiger partial charge in [0.15, 0.2) is 17.5 Å². The van der Waals surface area contributed by atoms with Crippen molar-refractivity contribution in [3.63, 3.8) is 0 Å². The first-order chi connectivity index (χ1) is 10.0. The van der Waals surface area contributed by atoms with Gasteiger partial charge in [0.1, 0.15) is 0 Å². The van der Waals surface area contributed by atoms with Crippen LogP contribution in [0.2, 0.25) is 0 Å². The fraction of sp³-hybridized carbons (Fsp3) is 0.462. The summed E-state index contributed by atoms with van der Waals surface area (Å²) in [7, 11) is 1.73. The van der Waals surface area contributed by atoms with Crippen molar-refractivity contribution in [1.82, 2.24) is 25.1 Å². The number of tetrazole rings is 1. The molecule has 0 unspecified atom stereocenters. The summed E-state index contributed by atoms with van der Waals surface area (Å²) in [6.45, 7) is 0.876. The van der Waals surface area contributed by atoms with Crippen LogP contribution in [0.4, 0.5) is 8.78 Å². The van der Waals surface area contributed by atoms with Crippen LogP contribution in [0.3, 0.4) is 0 Å². The van der Waals surface area contributed by atoms with E-state index in [9.17, 15) is 13.9 Å². The summed E-state index contributed by atoms with van der Waals surface area (Å²) in [4.78, 5) is 1.96. The number of nitrogens with zero attached hydrogens (tertiary/aromatic N) is 5. The van der Waals surface area contributed by atoms with Gasteiger partial charge in [-0.2, -0.15) is 0 Å². The highest BCUT2D eigenvalue weighted by molar-refractivity contribution is 5.23. The van der Waals surface area contributed by atoms with E-state index < -0.39 is 17.7 Å². The van der Waals surface area contributed by atoms with Crippen molar-refractivity contribution in [3.8, 4) is 0 Å². The first-order valence-corrected chi connectivity index (χ1v) is 6.63. The summed E-state index contributed by atoms with van der Waals surface area (Å²) >= 11 is 0. The smallest absolute Gasteiger partial charge is 0.165 e. The highest BCUT2D eigenvalue weighted by Crippen LogP contribution is 2.33. The van der Waals surface area contributed by atoms with Crippen molar-refractivity contribution in [1.29, 1.82) is 0 Å². The summed E-state index contributed by atoms with van der Waals surface area (Å²) in [6, 6.07) is 3.65. The second-order valence-corrected chi connectivity index (χ2v) is 5.23. The van der Waals surface area contributed by atoms with Crippen LogP contribution in [0.15, 0.2) is 18.2 Å². The average Bonchev–Trinajstić information content (AvgIpc) is 3.00. The molecule has 2 atom stereocenters. The molecule has 1 saturated heterocycles. The van der Waals surface area contributed by atoms with Gasteiger partial charge in [0.25, 0.3) is 0 Å². The Morgan fingerprint density at radius 2 is 2.14 bits per heavy atom. The van der Waals surface area contributed by atoms with Crippen LogP contribution in [-0.4, -0.2) is 42.9 Å². The largest absolute Gasteiger partial charge is 0.392 e. The zero-order chi connectivity index (χ0) is 15.0. The zero-order valence-electron chi connectivity index (χ0n) is 11.4. The van der Waals surface area contributed by atoms with Crippen LogP contribution in [0.5, 0.6) is 0 Å². The van der Waals surface area contributed by atoms with Crippen LogP contribution in [0.25, 0.3) is 0 Å². The van der Waals surface area contributed by atoms with Crippen LogP contribution < -0.4 is 0 Å². The number of likely N-dealkylation sites (tertiary alicyclic amines) is 1. The van der Waals surface area contributed by atoms with E-state index in [0.29, 0.717) is 30.9 Å². The molecule has 0 aliphatic carbocycles. The van der Waals surface area contributed by atoms with E-state index in [1.54, 1.807) is 17.8 Å². The highest BCUT2D eigenvalue weighted by atomic mass is 19.2. The van der Waals surface area contributed by atoms with Crippen LogP contribution in [0.1, 0.15) is 23.9 Å². The summed E-state index contributed by atoms with van der Waals surface area (Å²) in [5.74, 6) is -1.10. The first-order valence-electron chi connectivity index (χ1n) is 6.63. The summed E-state index contributed by atoms with van der Waals surface area (Å²) in [5.41, 5.74) is 0.639. The zero-order valence-corrected chi connectivity index (χ0v) is 11.4. The van der Waals surface area contributed by atoms with Crippen molar-refractivity contribution in [2.24, 2.45) is 7.05 Å². The topological polar surface area (TPSA) is 67.1 Å². The van der Waals surface area contributed by atoms with Gasteiger partial charge >= 0.3 is 0 Å². The number of β-amino-alcohol motifs (C(OH)–C–C–N with tert-alkyl or cyclic N) is 1. The van der Waals surface area contributed by atoms with E-state index in [1.165, 1.54) is 6.07 Å². The van der Waals surface area contributed by atoms with Gasteiger partial charge in [0.05, 0.1) is 12.6 Å². The van der Waals surface area contributed by atoms with E-state index in [2.05, 4.69) is 15.5 Å². The summed E-state index contributed by atoms with van der Waals surface area (Å²) in [6.07, 6.45) is -0.0413. The van der Waals surface area contributed by atoms with Crippen LogP contribution in [-0.2, 0) is 13.6 Å². The summed E-state index contributed by atoms with van der Waals surface area (Å²) < 4.78 is 28.0. The predicted molar refractivity (Wildman–Crippen MR) is 68.9 cm³/mol. The molecule has 21 heavy (non-hydrogen) atoms. The lowest BCUT2D eigenvalue weighted by Crippen LogP contribution is -2.26. The van der Waals surface area contributed by atoms with Gasteiger partial charge in [0, 0.05) is 19.6 Å². The standard InChI is InChI=1S/C13H15F2N5O/c1-19-13(16-17-18-19)7-20-6-9(21)5-12(20)8-2-3-10(14)11(15)4-8/h2-4,9,12,21H,5-7H2,1H3/t9-,12-/m0/s1. The lowest BCUT2D eigenvalue weighted by molar-refractivity contribution is 0.170. The molecule has 1 aliphatic heterocycles. The number of aromatic nitrogens is 4. The summed E-state index contributed by atoms with van der Waals surface area (Å²) in [5, 5.41) is 21.1. The Kier molecular flexibility index (Phi) is 3.64. The minimum atomic E-state index is -0.880. The Bertz CT molecular complexity index is 647. The monoisotopic (exact) mass is 295 g/mol. The van der Waals surface area contributed by atoms with Gasteiger partial charge in [-0.3, -0.25) is 4.90 Å². The molecule has 8 heteroatoms. The third-order valence-electron chi connectivity index (χ3n) is 3.76. The third-order valence-corrected chi connectivity index (χ3v) is 3.76. The van der Waals surface area contributed by atoms with E-state index in [4.69, 9.17) is 0 Å². The molecule has 0 bridgehead atoms. The molecule has 3 rings (SSSR count). The molecule has 0 radical (unpaired) electrons. The molecule has 0 saturated carbocycles. The van der Waals surface area contributed by atoms with Crippen molar-refractivity contribution in [3.05, 3.63) is 41.2 Å². The Morgan fingerprint density at radius 3 is 2.81 bits per heavy atom. The molecule has 0 amide bonds. The van der Waals surface area contributed by atoms with E-state index >= 15 is 0 Å². The number of aliphatic hydroxyl groups excluding tert-OH is 1.